The van der Waals surface area contributed by atoms with E-state index in [1.54, 1.807) is 36.4 Å². The number of hydrogen-bond acceptors (Lipinski definition) is 4. The number of rotatable bonds is 4. The summed E-state index contributed by atoms with van der Waals surface area (Å²) in [6.07, 6.45) is 0. The molecule has 1 aromatic heterocycles. The van der Waals surface area contributed by atoms with Crippen LogP contribution in [0.2, 0.25) is 0 Å². The first-order valence-corrected chi connectivity index (χ1v) is 7.98. The highest BCUT2D eigenvalue weighted by Crippen LogP contribution is 2.20. The first-order chi connectivity index (χ1) is 12.0. The minimum absolute atomic E-state index is 0.0649. The summed E-state index contributed by atoms with van der Waals surface area (Å²) in [6.45, 7) is 5.66. The average molecular weight is 337 g/mol. The van der Waals surface area contributed by atoms with Crippen molar-refractivity contribution < 1.29 is 9.59 Å². The Hall–Kier alpha value is -3.22. The van der Waals surface area contributed by atoms with Gasteiger partial charge in [-0.25, -0.2) is 0 Å². The first kappa shape index (κ1) is 16.6. The van der Waals surface area contributed by atoms with E-state index >= 15 is 0 Å². The summed E-state index contributed by atoms with van der Waals surface area (Å²) in [5.74, 6) is -0.412. The Kier molecular flexibility index (Phi) is 4.47. The molecule has 3 rings (SSSR count). The third-order valence-electron chi connectivity index (χ3n) is 3.75. The molecule has 2 aromatic carbocycles. The number of nitrogens with zero attached hydrogens (tertiary/aromatic N) is 2. The molecule has 0 saturated carbocycles. The number of benzene rings is 2. The Bertz CT molecular complexity index is 946. The molecule has 7 heteroatoms. The molecule has 0 unspecified atom stereocenters. The van der Waals surface area contributed by atoms with Crippen LogP contribution < -0.4 is 10.6 Å². The second kappa shape index (κ2) is 6.72. The van der Waals surface area contributed by atoms with Gasteiger partial charge in [0.25, 0.3) is 11.8 Å². The number of aromatic nitrogens is 3. The van der Waals surface area contributed by atoms with Crippen LogP contribution in [0, 0.1) is 6.92 Å². The molecule has 3 aromatic rings. The predicted molar refractivity (Wildman–Crippen MR) is 95.6 cm³/mol. The Morgan fingerprint density at radius 2 is 1.88 bits per heavy atom. The number of para-hydroxylation sites is 1. The van der Waals surface area contributed by atoms with Crippen LogP contribution in [-0.2, 0) is 0 Å². The molecule has 0 saturated heterocycles. The largest absolute Gasteiger partial charge is 0.350 e. The van der Waals surface area contributed by atoms with E-state index < -0.39 is 0 Å². The maximum absolute atomic E-state index is 12.6. The normalized spacial score (nSPS) is 10.9. The van der Waals surface area contributed by atoms with Crippen molar-refractivity contribution in [3.8, 4) is 0 Å². The highest BCUT2D eigenvalue weighted by molar-refractivity contribution is 6.11. The fourth-order valence-electron chi connectivity index (χ4n) is 2.53. The van der Waals surface area contributed by atoms with Gasteiger partial charge >= 0.3 is 0 Å². The van der Waals surface area contributed by atoms with Gasteiger partial charge < -0.3 is 10.6 Å². The first-order valence-electron chi connectivity index (χ1n) is 7.98. The number of nitrogens with one attached hydrogen (secondary N) is 3. The predicted octanol–water partition coefficient (Wildman–Crippen LogP) is 2.66. The van der Waals surface area contributed by atoms with E-state index in [1.807, 2.05) is 20.8 Å². The second-order valence-electron chi connectivity index (χ2n) is 6.11. The highest BCUT2D eigenvalue weighted by Gasteiger charge is 2.15. The molecule has 0 bridgehead atoms. The lowest BCUT2D eigenvalue weighted by molar-refractivity contribution is 0.0942. The van der Waals surface area contributed by atoms with Crippen molar-refractivity contribution in [2.75, 3.05) is 5.32 Å². The summed E-state index contributed by atoms with van der Waals surface area (Å²) in [5.41, 5.74) is 3.59. The number of hydrogen-bond donors (Lipinski definition) is 3. The molecule has 0 radical (unpaired) electrons. The molecule has 25 heavy (non-hydrogen) atoms. The number of aromatic amines is 1. The maximum Gasteiger partial charge on any atom is 0.258 e. The number of amides is 2. The number of carbonyl (C=O) groups is 2. The minimum atomic E-state index is -0.276. The molecule has 128 valence electrons. The van der Waals surface area contributed by atoms with E-state index in [1.165, 1.54) is 0 Å². The topological polar surface area (TPSA) is 99.8 Å². The zero-order valence-corrected chi connectivity index (χ0v) is 14.3. The van der Waals surface area contributed by atoms with Crippen molar-refractivity contribution in [2.45, 2.75) is 26.8 Å². The van der Waals surface area contributed by atoms with E-state index in [2.05, 4.69) is 26.0 Å². The van der Waals surface area contributed by atoms with Gasteiger partial charge in [0.1, 0.15) is 11.0 Å². The lowest BCUT2D eigenvalue weighted by Crippen LogP contribution is -2.30. The summed E-state index contributed by atoms with van der Waals surface area (Å²) in [5, 5.41) is 16.2. The fourth-order valence-corrected chi connectivity index (χ4v) is 2.53. The van der Waals surface area contributed by atoms with Crippen molar-refractivity contribution in [3.63, 3.8) is 0 Å². The van der Waals surface area contributed by atoms with Crippen molar-refractivity contribution >= 4 is 28.5 Å². The zero-order valence-electron chi connectivity index (χ0n) is 14.3. The van der Waals surface area contributed by atoms with Crippen LogP contribution in [0.1, 0.15) is 40.1 Å². The van der Waals surface area contributed by atoms with Gasteiger partial charge in [-0.3, -0.25) is 9.59 Å². The van der Waals surface area contributed by atoms with Gasteiger partial charge in [0.2, 0.25) is 0 Å². The van der Waals surface area contributed by atoms with Gasteiger partial charge in [-0.05, 0) is 56.7 Å². The molecule has 0 aliphatic heterocycles. The van der Waals surface area contributed by atoms with Gasteiger partial charge in [-0.15, -0.1) is 0 Å². The third-order valence-corrected chi connectivity index (χ3v) is 3.75. The van der Waals surface area contributed by atoms with Crippen molar-refractivity contribution in [1.82, 2.24) is 20.7 Å². The van der Waals surface area contributed by atoms with Crippen LogP contribution in [0.5, 0.6) is 0 Å². The van der Waals surface area contributed by atoms with Crippen LogP contribution in [0.15, 0.2) is 36.4 Å². The Morgan fingerprint density at radius 1 is 1.08 bits per heavy atom. The van der Waals surface area contributed by atoms with Crippen LogP contribution >= 0.6 is 0 Å². The molecular weight excluding hydrogens is 318 g/mol. The maximum atomic E-state index is 12.6. The molecule has 3 N–H and O–H groups in total. The molecule has 2 amide bonds. The SMILES string of the molecule is Cc1cc(C(=O)NC(C)C)ccc1NC(=O)c1cccc2n[nH]nc12. The highest BCUT2D eigenvalue weighted by atomic mass is 16.2. The summed E-state index contributed by atoms with van der Waals surface area (Å²) < 4.78 is 0. The molecule has 0 aliphatic rings. The van der Waals surface area contributed by atoms with Gasteiger partial charge in [0, 0.05) is 17.3 Å². The number of H-pyrrole nitrogens is 1. The van der Waals surface area contributed by atoms with E-state index in [0.717, 1.165) is 5.56 Å². The molecule has 0 aliphatic carbocycles. The second-order valence-corrected chi connectivity index (χ2v) is 6.11. The van der Waals surface area contributed by atoms with Crippen molar-refractivity contribution in [3.05, 3.63) is 53.1 Å². The fraction of sp³-hybridized carbons (Fsp3) is 0.222. The minimum Gasteiger partial charge on any atom is -0.350 e. The van der Waals surface area contributed by atoms with Crippen LogP contribution in [0.25, 0.3) is 11.0 Å². The van der Waals surface area contributed by atoms with Crippen LogP contribution in [-0.4, -0.2) is 33.3 Å². The average Bonchev–Trinajstić information content (AvgIpc) is 3.04. The summed E-state index contributed by atoms with van der Waals surface area (Å²) in [4.78, 5) is 24.6. The number of anilines is 1. The van der Waals surface area contributed by atoms with Gasteiger partial charge in [0.05, 0.1) is 5.56 Å². The number of aryl methyl sites for hydroxylation is 1. The van der Waals surface area contributed by atoms with E-state index in [4.69, 9.17) is 0 Å². The van der Waals surface area contributed by atoms with Crippen molar-refractivity contribution in [2.24, 2.45) is 0 Å². The Labute approximate surface area is 144 Å². The van der Waals surface area contributed by atoms with E-state index in [0.29, 0.717) is 27.8 Å². The molecule has 1 heterocycles. The zero-order chi connectivity index (χ0) is 18.0. The Morgan fingerprint density at radius 3 is 2.60 bits per heavy atom. The number of carbonyl (C=O) groups excluding carboxylic acids is 2. The van der Waals surface area contributed by atoms with Crippen LogP contribution in [0.3, 0.4) is 0 Å². The van der Waals surface area contributed by atoms with Crippen molar-refractivity contribution in [1.29, 1.82) is 0 Å². The lowest BCUT2D eigenvalue weighted by atomic mass is 10.1. The van der Waals surface area contributed by atoms with Gasteiger partial charge in [-0.2, -0.15) is 15.4 Å². The molecule has 0 spiro atoms. The lowest BCUT2D eigenvalue weighted by Gasteiger charge is -2.12. The molecule has 0 atom stereocenters. The summed E-state index contributed by atoms with van der Waals surface area (Å²) in [7, 11) is 0. The third kappa shape index (κ3) is 3.50. The van der Waals surface area contributed by atoms with Gasteiger partial charge in [0.15, 0.2) is 0 Å². The number of fused-ring (bicyclic) bond motifs is 1. The summed E-state index contributed by atoms with van der Waals surface area (Å²) in [6, 6.07) is 10.5. The van der Waals surface area contributed by atoms with Gasteiger partial charge in [-0.1, -0.05) is 6.07 Å². The standard InChI is InChI=1S/C18H19N5O2/c1-10(2)19-17(24)12-7-8-14(11(3)9-12)20-18(25)13-5-4-6-15-16(13)22-23-21-15/h4-10H,1-3H3,(H,19,24)(H,20,25)(H,21,22,23). The quantitative estimate of drug-likeness (QED) is 0.681. The molecule has 0 fully saturated rings. The molecular formula is C18H19N5O2. The Balaban J connectivity index is 1.82. The van der Waals surface area contributed by atoms with E-state index in [-0.39, 0.29) is 17.9 Å². The van der Waals surface area contributed by atoms with E-state index in [9.17, 15) is 9.59 Å². The smallest absolute Gasteiger partial charge is 0.258 e. The molecule has 7 nitrogen and oxygen atoms in total. The monoisotopic (exact) mass is 337 g/mol. The summed E-state index contributed by atoms with van der Waals surface area (Å²) >= 11 is 0. The van der Waals surface area contributed by atoms with Crippen LogP contribution in [0.4, 0.5) is 5.69 Å².